The van der Waals surface area contributed by atoms with E-state index in [4.69, 9.17) is 40.0 Å². The molecule has 0 aliphatic carbocycles. The maximum atomic E-state index is 12.2. The standard InChI is InChI=1S/C30H37NO10.C11H11ClO4/c1-37-30(36)26(31-27(33)20-39-22-29(35)41-18-24-13-7-3-8-14-24)16-10-4-9-15-25(32)19-38-21-28(34)40-17-23-11-5-2-6-12-23;12-10(13)7-15-8-11(14)16-6-9-4-2-1-3-5-9/h2-3,5-8,11-14,26H,4,9-10,15-22H2,1H3,(H,31,33);1-5H,6-8H2/t26-;/m0./s1. The van der Waals surface area contributed by atoms with Crippen molar-refractivity contribution >= 4 is 52.4 Å². The van der Waals surface area contributed by atoms with Crippen LogP contribution < -0.4 is 5.32 Å². The fraction of sp³-hybridized carbons (Fsp3) is 0.390. The van der Waals surface area contributed by atoms with Gasteiger partial charge in [-0.1, -0.05) is 104 Å². The molecule has 0 aliphatic heterocycles. The minimum atomic E-state index is -0.887. The molecule has 1 amide bonds. The average Bonchev–Trinajstić information content (AvgIpc) is 3.21. The SMILES string of the molecule is COC(=O)[C@H](CCCCCC(=O)COCC(=O)OCc1ccccc1)NC(=O)COCC(=O)OCc1ccccc1.O=C(Cl)COCC(=O)OCc1ccccc1. The normalized spacial score (nSPS) is 10.8. The van der Waals surface area contributed by atoms with Crippen LogP contribution in [-0.4, -0.2) is 93.6 Å². The maximum absolute atomic E-state index is 12.2. The van der Waals surface area contributed by atoms with Crippen molar-refractivity contribution in [3.63, 3.8) is 0 Å². The van der Waals surface area contributed by atoms with Crippen LogP contribution >= 0.6 is 11.6 Å². The van der Waals surface area contributed by atoms with E-state index in [1.807, 2.05) is 91.0 Å². The average molecular weight is 814 g/mol. The summed E-state index contributed by atoms with van der Waals surface area (Å²) in [6, 6.07) is 26.7. The second kappa shape index (κ2) is 29.8. The van der Waals surface area contributed by atoms with E-state index in [-0.39, 0.29) is 58.5 Å². The number of rotatable bonds is 26. The van der Waals surface area contributed by atoms with Crippen LogP contribution in [0, 0.1) is 0 Å². The van der Waals surface area contributed by atoms with Crippen molar-refractivity contribution in [3.8, 4) is 0 Å². The number of hydrogen-bond acceptors (Lipinski definition) is 14. The summed E-state index contributed by atoms with van der Waals surface area (Å²) < 4.78 is 34.7. The molecular weight excluding hydrogens is 766 g/mol. The molecule has 0 saturated heterocycles. The van der Waals surface area contributed by atoms with Crippen molar-refractivity contribution in [2.75, 3.05) is 46.8 Å². The highest BCUT2D eigenvalue weighted by molar-refractivity contribution is 6.63. The summed E-state index contributed by atoms with van der Waals surface area (Å²) in [6.45, 7) is -1.47. The zero-order valence-corrected chi connectivity index (χ0v) is 32.5. The molecule has 0 aliphatic rings. The van der Waals surface area contributed by atoms with Crippen molar-refractivity contribution in [2.45, 2.75) is 58.0 Å². The summed E-state index contributed by atoms with van der Waals surface area (Å²) in [5.74, 6) is -3.03. The van der Waals surface area contributed by atoms with Crippen LogP contribution in [0.15, 0.2) is 91.0 Å². The number of amides is 1. The number of carbonyl (C=O) groups is 7. The zero-order valence-electron chi connectivity index (χ0n) is 31.7. The number of ketones is 1. The minimum absolute atomic E-state index is 0.0993. The first-order valence-electron chi connectivity index (χ1n) is 17.9. The Morgan fingerprint density at radius 2 is 0.965 bits per heavy atom. The van der Waals surface area contributed by atoms with Crippen LogP contribution in [0.4, 0.5) is 0 Å². The van der Waals surface area contributed by atoms with Crippen LogP contribution in [-0.2, 0) is 86.5 Å². The Bertz CT molecular complexity index is 1660. The quantitative estimate of drug-likeness (QED) is 0.0524. The molecule has 0 bridgehead atoms. The van der Waals surface area contributed by atoms with Crippen LogP contribution in [0.1, 0.15) is 48.8 Å². The molecule has 1 N–H and O–H groups in total. The van der Waals surface area contributed by atoms with E-state index < -0.39 is 54.3 Å². The topological polar surface area (TPSA) is 196 Å². The lowest BCUT2D eigenvalue weighted by atomic mass is 10.1. The van der Waals surface area contributed by atoms with Gasteiger partial charge < -0.3 is 38.5 Å². The molecule has 0 aromatic heterocycles. The van der Waals surface area contributed by atoms with Gasteiger partial charge >= 0.3 is 23.9 Å². The van der Waals surface area contributed by atoms with E-state index in [1.54, 1.807) is 0 Å². The summed E-state index contributed by atoms with van der Waals surface area (Å²) in [4.78, 5) is 81.2. The van der Waals surface area contributed by atoms with Crippen molar-refractivity contribution < 1.29 is 66.7 Å². The van der Waals surface area contributed by atoms with Gasteiger partial charge in [0.2, 0.25) is 11.1 Å². The number of methoxy groups -OCH3 is 1. The monoisotopic (exact) mass is 813 g/mol. The molecule has 57 heavy (non-hydrogen) atoms. The lowest BCUT2D eigenvalue weighted by Gasteiger charge is -2.16. The van der Waals surface area contributed by atoms with Crippen LogP contribution in [0.5, 0.6) is 0 Å². The number of Topliss-reactive ketones (excluding diaryl/α,β-unsaturated/α-hetero) is 1. The minimum Gasteiger partial charge on any atom is -0.467 e. The van der Waals surface area contributed by atoms with Crippen molar-refractivity contribution in [1.29, 1.82) is 0 Å². The number of benzene rings is 3. The third kappa shape index (κ3) is 24.6. The molecule has 3 rings (SSSR count). The highest BCUT2D eigenvalue weighted by Gasteiger charge is 2.21. The van der Waals surface area contributed by atoms with Gasteiger partial charge in [-0.05, 0) is 41.1 Å². The van der Waals surface area contributed by atoms with Crippen molar-refractivity contribution in [1.82, 2.24) is 5.32 Å². The molecule has 3 aromatic rings. The van der Waals surface area contributed by atoms with Gasteiger partial charge in [0.25, 0.3) is 0 Å². The van der Waals surface area contributed by atoms with Gasteiger partial charge in [-0.3, -0.25) is 14.4 Å². The van der Waals surface area contributed by atoms with Gasteiger partial charge in [0.1, 0.15) is 65.5 Å². The molecule has 0 spiro atoms. The molecule has 0 unspecified atom stereocenters. The number of esters is 4. The second-order valence-corrected chi connectivity index (χ2v) is 12.5. The Morgan fingerprint density at radius 1 is 0.544 bits per heavy atom. The van der Waals surface area contributed by atoms with Gasteiger partial charge in [-0.15, -0.1) is 0 Å². The Morgan fingerprint density at radius 3 is 1.39 bits per heavy atom. The zero-order chi connectivity index (χ0) is 41.5. The summed E-state index contributed by atoms with van der Waals surface area (Å²) in [6.07, 6.45) is 2.28. The predicted octanol–water partition coefficient (Wildman–Crippen LogP) is 4.20. The Labute approximate surface area is 336 Å². The number of nitrogens with one attached hydrogen (secondary N) is 1. The molecular formula is C41H48ClNO14. The van der Waals surface area contributed by atoms with E-state index >= 15 is 0 Å². The van der Waals surface area contributed by atoms with E-state index in [9.17, 15) is 33.6 Å². The molecule has 1 atom stereocenters. The molecule has 16 heteroatoms. The van der Waals surface area contributed by atoms with Gasteiger partial charge in [0.05, 0.1) is 7.11 Å². The number of ether oxygens (including phenoxy) is 7. The van der Waals surface area contributed by atoms with Gasteiger partial charge in [0, 0.05) is 6.42 Å². The van der Waals surface area contributed by atoms with Crippen LogP contribution in [0.25, 0.3) is 0 Å². The molecule has 0 radical (unpaired) electrons. The number of hydrogen-bond donors (Lipinski definition) is 1. The Kier molecular flexibility index (Phi) is 24.9. The molecule has 0 saturated carbocycles. The van der Waals surface area contributed by atoms with E-state index in [1.165, 1.54) is 7.11 Å². The first-order valence-corrected chi connectivity index (χ1v) is 18.3. The summed E-state index contributed by atoms with van der Waals surface area (Å²) >= 11 is 5.02. The van der Waals surface area contributed by atoms with E-state index in [0.717, 1.165) is 16.7 Å². The summed E-state index contributed by atoms with van der Waals surface area (Å²) in [5.41, 5.74) is 2.58. The van der Waals surface area contributed by atoms with Gasteiger partial charge in [0.15, 0.2) is 5.78 Å². The first kappa shape index (κ1) is 47.7. The highest BCUT2D eigenvalue weighted by Crippen LogP contribution is 2.09. The Balaban J connectivity index is 0.000000583. The lowest BCUT2D eigenvalue weighted by molar-refractivity contribution is -0.152. The highest BCUT2D eigenvalue weighted by atomic mass is 35.5. The molecule has 308 valence electrons. The number of carbonyl (C=O) groups excluding carboxylic acids is 7. The molecule has 0 heterocycles. The third-order valence-corrected chi connectivity index (χ3v) is 7.48. The maximum Gasteiger partial charge on any atom is 0.332 e. The van der Waals surface area contributed by atoms with Crippen molar-refractivity contribution in [3.05, 3.63) is 108 Å². The smallest absolute Gasteiger partial charge is 0.332 e. The molecule has 3 aromatic carbocycles. The van der Waals surface area contributed by atoms with E-state index in [0.29, 0.717) is 25.7 Å². The first-order chi connectivity index (χ1) is 27.5. The second-order valence-electron chi connectivity index (χ2n) is 12.1. The molecule has 0 fully saturated rings. The fourth-order valence-corrected chi connectivity index (χ4v) is 4.65. The summed E-state index contributed by atoms with van der Waals surface area (Å²) in [7, 11) is 1.22. The lowest BCUT2D eigenvalue weighted by Crippen LogP contribution is -2.43. The number of unbranched alkanes of at least 4 members (excludes halogenated alkanes) is 2. The van der Waals surface area contributed by atoms with Crippen molar-refractivity contribution in [2.24, 2.45) is 0 Å². The Hall–Kier alpha value is -5.48. The van der Waals surface area contributed by atoms with Gasteiger partial charge in [-0.2, -0.15) is 0 Å². The number of halogens is 1. The largest absolute Gasteiger partial charge is 0.467 e. The van der Waals surface area contributed by atoms with Gasteiger partial charge in [-0.25, -0.2) is 19.2 Å². The van der Waals surface area contributed by atoms with Crippen LogP contribution in [0.2, 0.25) is 0 Å². The third-order valence-electron chi connectivity index (χ3n) is 7.37. The van der Waals surface area contributed by atoms with Crippen LogP contribution in [0.3, 0.4) is 0 Å². The molecule has 15 nitrogen and oxygen atoms in total. The summed E-state index contributed by atoms with van der Waals surface area (Å²) in [5, 5.41) is 1.89. The fourth-order valence-electron chi connectivity index (χ4n) is 4.58. The predicted molar refractivity (Wildman–Crippen MR) is 204 cm³/mol. The van der Waals surface area contributed by atoms with E-state index in [2.05, 4.69) is 10.1 Å².